The molecule has 1 atom stereocenters. The fraction of sp³-hybridized carbons (Fsp3) is 0.533. The SMILES string of the molecule is COCC(=O)N1CCSC(c2ccccc2C)CC1. The molecule has 1 aromatic rings. The predicted octanol–water partition coefficient (Wildman–Crippen LogP) is 2.65. The third-order valence-electron chi connectivity index (χ3n) is 3.50. The van der Waals surface area contributed by atoms with E-state index in [-0.39, 0.29) is 12.5 Å². The number of amides is 1. The van der Waals surface area contributed by atoms with Gasteiger partial charge in [0.15, 0.2) is 0 Å². The molecule has 1 aromatic carbocycles. The topological polar surface area (TPSA) is 29.5 Å². The molecule has 0 bridgehead atoms. The summed E-state index contributed by atoms with van der Waals surface area (Å²) in [7, 11) is 1.57. The molecular formula is C15H21NO2S. The fourth-order valence-corrected chi connectivity index (χ4v) is 3.76. The highest BCUT2D eigenvalue weighted by atomic mass is 32.2. The minimum atomic E-state index is 0.105. The summed E-state index contributed by atoms with van der Waals surface area (Å²) in [5.41, 5.74) is 2.75. The van der Waals surface area contributed by atoms with Crippen molar-refractivity contribution in [3.63, 3.8) is 0 Å². The number of hydrogen-bond acceptors (Lipinski definition) is 3. The van der Waals surface area contributed by atoms with Crippen molar-refractivity contribution in [3.05, 3.63) is 35.4 Å². The minimum Gasteiger partial charge on any atom is -0.375 e. The molecule has 1 heterocycles. The molecule has 1 amide bonds. The van der Waals surface area contributed by atoms with Gasteiger partial charge in [0.1, 0.15) is 6.61 Å². The van der Waals surface area contributed by atoms with E-state index in [0.717, 1.165) is 25.3 Å². The summed E-state index contributed by atoms with van der Waals surface area (Å²) < 4.78 is 4.93. The van der Waals surface area contributed by atoms with Crippen molar-refractivity contribution in [2.24, 2.45) is 0 Å². The van der Waals surface area contributed by atoms with Crippen molar-refractivity contribution in [3.8, 4) is 0 Å². The number of hydrogen-bond donors (Lipinski definition) is 0. The number of ether oxygens (including phenoxy) is 1. The van der Waals surface area contributed by atoms with Crippen LogP contribution in [0.4, 0.5) is 0 Å². The van der Waals surface area contributed by atoms with E-state index in [2.05, 4.69) is 31.2 Å². The number of nitrogens with zero attached hydrogens (tertiary/aromatic N) is 1. The zero-order chi connectivity index (χ0) is 13.7. The maximum atomic E-state index is 11.9. The molecule has 104 valence electrons. The molecular weight excluding hydrogens is 258 g/mol. The van der Waals surface area contributed by atoms with Crippen molar-refractivity contribution in [2.75, 3.05) is 32.6 Å². The van der Waals surface area contributed by atoms with Crippen LogP contribution in [0.1, 0.15) is 22.8 Å². The van der Waals surface area contributed by atoms with Gasteiger partial charge in [-0.25, -0.2) is 0 Å². The fourth-order valence-electron chi connectivity index (χ4n) is 2.43. The summed E-state index contributed by atoms with van der Waals surface area (Å²) in [4.78, 5) is 13.8. The molecule has 2 rings (SSSR count). The third-order valence-corrected chi connectivity index (χ3v) is 4.81. The van der Waals surface area contributed by atoms with Gasteiger partial charge in [0.25, 0.3) is 0 Å². The highest BCUT2D eigenvalue weighted by molar-refractivity contribution is 7.99. The number of methoxy groups -OCH3 is 1. The molecule has 1 aliphatic rings. The Bertz CT molecular complexity index is 436. The van der Waals surface area contributed by atoms with E-state index in [1.54, 1.807) is 7.11 Å². The summed E-state index contributed by atoms with van der Waals surface area (Å²) >= 11 is 1.96. The monoisotopic (exact) mass is 279 g/mol. The Morgan fingerprint density at radius 2 is 2.21 bits per heavy atom. The highest BCUT2D eigenvalue weighted by Crippen LogP contribution is 2.35. The largest absolute Gasteiger partial charge is 0.375 e. The van der Waals surface area contributed by atoms with Crippen LogP contribution in [-0.2, 0) is 9.53 Å². The lowest BCUT2D eigenvalue weighted by Crippen LogP contribution is -2.35. The number of carbonyl (C=O) groups is 1. The van der Waals surface area contributed by atoms with Crippen LogP contribution in [0.15, 0.2) is 24.3 Å². The Labute approximate surface area is 119 Å². The van der Waals surface area contributed by atoms with Gasteiger partial charge in [-0.05, 0) is 24.5 Å². The first kappa shape index (κ1) is 14.4. The molecule has 19 heavy (non-hydrogen) atoms. The molecule has 0 radical (unpaired) electrons. The van der Waals surface area contributed by atoms with Gasteiger partial charge in [-0.3, -0.25) is 4.79 Å². The zero-order valence-electron chi connectivity index (χ0n) is 11.6. The molecule has 0 aromatic heterocycles. The molecule has 1 fully saturated rings. The van der Waals surface area contributed by atoms with Gasteiger partial charge in [0, 0.05) is 31.2 Å². The number of carbonyl (C=O) groups excluding carboxylic acids is 1. The molecule has 1 saturated heterocycles. The van der Waals surface area contributed by atoms with Crippen LogP contribution in [-0.4, -0.2) is 43.4 Å². The zero-order valence-corrected chi connectivity index (χ0v) is 12.4. The lowest BCUT2D eigenvalue weighted by molar-refractivity contribution is -0.134. The maximum absolute atomic E-state index is 11.9. The van der Waals surface area contributed by atoms with Crippen molar-refractivity contribution in [2.45, 2.75) is 18.6 Å². The van der Waals surface area contributed by atoms with E-state index in [4.69, 9.17) is 4.74 Å². The highest BCUT2D eigenvalue weighted by Gasteiger charge is 2.22. The van der Waals surface area contributed by atoms with Gasteiger partial charge >= 0.3 is 0 Å². The van der Waals surface area contributed by atoms with Crippen molar-refractivity contribution in [1.82, 2.24) is 4.90 Å². The third kappa shape index (κ3) is 3.74. The second kappa shape index (κ2) is 6.96. The Kier molecular flexibility index (Phi) is 5.28. The van der Waals surface area contributed by atoms with Gasteiger partial charge in [0.2, 0.25) is 5.91 Å². The number of thioether (sulfide) groups is 1. The Hall–Kier alpha value is -1.00. The average Bonchev–Trinajstić information content (AvgIpc) is 2.65. The molecule has 0 spiro atoms. The van der Waals surface area contributed by atoms with Crippen LogP contribution in [0.3, 0.4) is 0 Å². The van der Waals surface area contributed by atoms with Crippen LogP contribution in [0.5, 0.6) is 0 Å². The first-order valence-electron chi connectivity index (χ1n) is 6.66. The molecule has 0 N–H and O–H groups in total. The lowest BCUT2D eigenvalue weighted by Gasteiger charge is -2.20. The first-order chi connectivity index (χ1) is 9.22. The number of benzene rings is 1. The van der Waals surface area contributed by atoms with Gasteiger partial charge in [-0.15, -0.1) is 0 Å². The molecule has 1 unspecified atom stereocenters. The second-order valence-electron chi connectivity index (χ2n) is 4.82. The summed E-state index contributed by atoms with van der Waals surface area (Å²) in [5, 5.41) is 0.501. The molecule has 0 aliphatic carbocycles. The van der Waals surface area contributed by atoms with E-state index >= 15 is 0 Å². The maximum Gasteiger partial charge on any atom is 0.248 e. The van der Waals surface area contributed by atoms with Crippen LogP contribution >= 0.6 is 11.8 Å². The summed E-state index contributed by atoms with van der Waals surface area (Å²) in [6, 6.07) is 8.55. The average molecular weight is 279 g/mol. The van der Waals surface area contributed by atoms with Crippen LogP contribution < -0.4 is 0 Å². The van der Waals surface area contributed by atoms with Crippen molar-refractivity contribution >= 4 is 17.7 Å². The molecule has 4 heteroatoms. The first-order valence-corrected chi connectivity index (χ1v) is 7.71. The van der Waals surface area contributed by atoms with E-state index in [1.807, 2.05) is 16.7 Å². The Morgan fingerprint density at radius 1 is 1.42 bits per heavy atom. The second-order valence-corrected chi connectivity index (χ2v) is 6.13. The van der Waals surface area contributed by atoms with Gasteiger partial charge < -0.3 is 9.64 Å². The van der Waals surface area contributed by atoms with Crippen LogP contribution in [0.2, 0.25) is 0 Å². The summed E-state index contributed by atoms with van der Waals surface area (Å²) in [6.45, 7) is 4.01. The summed E-state index contributed by atoms with van der Waals surface area (Å²) in [5.74, 6) is 1.10. The van der Waals surface area contributed by atoms with Gasteiger partial charge in [-0.2, -0.15) is 11.8 Å². The van der Waals surface area contributed by atoms with Crippen LogP contribution in [0.25, 0.3) is 0 Å². The number of aryl methyl sites for hydroxylation is 1. The van der Waals surface area contributed by atoms with E-state index in [9.17, 15) is 4.79 Å². The van der Waals surface area contributed by atoms with E-state index in [1.165, 1.54) is 11.1 Å². The molecule has 0 saturated carbocycles. The van der Waals surface area contributed by atoms with E-state index < -0.39 is 0 Å². The minimum absolute atomic E-state index is 0.105. The summed E-state index contributed by atoms with van der Waals surface area (Å²) in [6.07, 6.45) is 1.02. The van der Waals surface area contributed by atoms with E-state index in [0.29, 0.717) is 5.25 Å². The molecule has 1 aliphatic heterocycles. The van der Waals surface area contributed by atoms with Crippen LogP contribution in [0, 0.1) is 6.92 Å². The van der Waals surface area contributed by atoms with Gasteiger partial charge in [-0.1, -0.05) is 24.3 Å². The van der Waals surface area contributed by atoms with Crippen molar-refractivity contribution in [1.29, 1.82) is 0 Å². The smallest absolute Gasteiger partial charge is 0.248 e. The lowest BCUT2D eigenvalue weighted by atomic mass is 10.0. The van der Waals surface area contributed by atoms with Crippen molar-refractivity contribution < 1.29 is 9.53 Å². The standard InChI is InChI=1S/C15H21NO2S/c1-12-5-3-4-6-13(12)14-7-8-16(9-10-19-14)15(17)11-18-2/h3-6,14H,7-11H2,1-2H3. The Balaban J connectivity index is 2.01. The number of rotatable bonds is 3. The van der Waals surface area contributed by atoms with Gasteiger partial charge in [0.05, 0.1) is 0 Å². The molecule has 3 nitrogen and oxygen atoms in total. The quantitative estimate of drug-likeness (QED) is 0.852. The normalized spacial score (nSPS) is 20.1. The Morgan fingerprint density at radius 3 is 2.95 bits per heavy atom. The predicted molar refractivity (Wildman–Crippen MR) is 79.5 cm³/mol.